The van der Waals surface area contributed by atoms with Crippen LogP contribution in [-0.2, 0) is 16.6 Å². The van der Waals surface area contributed by atoms with E-state index in [1.165, 1.54) is 6.07 Å². The summed E-state index contributed by atoms with van der Waals surface area (Å²) >= 11 is 0. The maximum absolute atomic E-state index is 12.1. The summed E-state index contributed by atoms with van der Waals surface area (Å²) in [5.74, 6) is 0.862. The molecule has 0 aliphatic carbocycles. The van der Waals surface area contributed by atoms with Crippen molar-refractivity contribution in [2.45, 2.75) is 51.8 Å². The van der Waals surface area contributed by atoms with Crippen molar-refractivity contribution in [2.24, 2.45) is 5.92 Å². The molecular weight excluding hydrogens is 264 g/mol. The zero-order valence-electron chi connectivity index (χ0n) is 12.1. The standard InChI is InChI=1S/C13H24N2O3S/c1-5-8-14-9-12-6-7-13(18-12)19(16,17)15-11(4)10(2)3/h6-7,10-11,14-15H,5,8-9H2,1-4H3. The molecule has 0 fully saturated rings. The minimum Gasteiger partial charge on any atom is -0.447 e. The van der Waals surface area contributed by atoms with Crippen LogP contribution in [0.4, 0.5) is 0 Å². The van der Waals surface area contributed by atoms with Gasteiger partial charge in [0.15, 0.2) is 0 Å². The lowest BCUT2D eigenvalue weighted by Gasteiger charge is -2.16. The van der Waals surface area contributed by atoms with E-state index in [-0.39, 0.29) is 17.1 Å². The summed E-state index contributed by atoms with van der Waals surface area (Å²) in [6.45, 7) is 9.27. The van der Waals surface area contributed by atoms with Crippen molar-refractivity contribution in [3.8, 4) is 0 Å². The highest BCUT2D eigenvalue weighted by molar-refractivity contribution is 7.89. The van der Waals surface area contributed by atoms with Crippen LogP contribution in [0.2, 0.25) is 0 Å². The van der Waals surface area contributed by atoms with Gasteiger partial charge in [0.05, 0.1) is 6.54 Å². The highest BCUT2D eigenvalue weighted by Crippen LogP contribution is 2.15. The molecule has 1 unspecified atom stereocenters. The van der Waals surface area contributed by atoms with Gasteiger partial charge in [0.2, 0.25) is 5.09 Å². The Morgan fingerprint density at radius 3 is 2.53 bits per heavy atom. The van der Waals surface area contributed by atoms with E-state index in [1.54, 1.807) is 6.07 Å². The maximum atomic E-state index is 12.1. The molecule has 0 aliphatic rings. The van der Waals surface area contributed by atoms with Crippen molar-refractivity contribution < 1.29 is 12.8 Å². The fourth-order valence-corrected chi connectivity index (χ4v) is 2.77. The Morgan fingerprint density at radius 2 is 1.95 bits per heavy atom. The molecule has 1 aromatic heterocycles. The Morgan fingerprint density at radius 1 is 1.26 bits per heavy atom. The Balaban J connectivity index is 2.69. The minimum absolute atomic E-state index is 0.0201. The van der Waals surface area contributed by atoms with Gasteiger partial charge < -0.3 is 9.73 Å². The number of rotatable bonds is 8. The van der Waals surface area contributed by atoms with Crippen LogP contribution in [0.25, 0.3) is 0 Å². The van der Waals surface area contributed by atoms with E-state index in [2.05, 4.69) is 17.0 Å². The van der Waals surface area contributed by atoms with Crippen molar-refractivity contribution >= 4 is 10.0 Å². The van der Waals surface area contributed by atoms with Crippen LogP contribution in [0.1, 0.15) is 39.9 Å². The van der Waals surface area contributed by atoms with E-state index in [1.807, 2.05) is 20.8 Å². The average Bonchev–Trinajstić information content (AvgIpc) is 2.78. The molecule has 0 bridgehead atoms. The van der Waals surface area contributed by atoms with Crippen molar-refractivity contribution in [1.82, 2.24) is 10.0 Å². The number of furan rings is 1. The predicted molar refractivity (Wildman–Crippen MR) is 75.3 cm³/mol. The van der Waals surface area contributed by atoms with Crippen molar-refractivity contribution in [3.05, 3.63) is 17.9 Å². The fraction of sp³-hybridized carbons (Fsp3) is 0.692. The summed E-state index contributed by atoms with van der Waals surface area (Å²) in [7, 11) is -3.56. The number of hydrogen-bond acceptors (Lipinski definition) is 4. The third kappa shape index (κ3) is 4.97. The third-order valence-electron chi connectivity index (χ3n) is 2.97. The monoisotopic (exact) mass is 288 g/mol. The zero-order chi connectivity index (χ0) is 14.5. The Bertz CT molecular complexity index is 480. The Hall–Kier alpha value is -0.850. The second kappa shape index (κ2) is 7.07. The molecule has 0 saturated carbocycles. The second-order valence-corrected chi connectivity index (χ2v) is 6.70. The predicted octanol–water partition coefficient (Wildman–Crippen LogP) is 2.10. The van der Waals surface area contributed by atoms with Crippen LogP contribution in [0.5, 0.6) is 0 Å². The van der Waals surface area contributed by atoms with Crippen LogP contribution in [0, 0.1) is 5.92 Å². The van der Waals surface area contributed by atoms with E-state index in [4.69, 9.17) is 4.42 Å². The zero-order valence-corrected chi connectivity index (χ0v) is 12.9. The lowest BCUT2D eigenvalue weighted by Crippen LogP contribution is -2.35. The van der Waals surface area contributed by atoms with Crippen molar-refractivity contribution in [1.29, 1.82) is 0 Å². The van der Waals surface area contributed by atoms with Crippen LogP contribution < -0.4 is 10.0 Å². The van der Waals surface area contributed by atoms with E-state index in [0.29, 0.717) is 12.3 Å². The van der Waals surface area contributed by atoms with Gasteiger partial charge in [-0.25, -0.2) is 13.1 Å². The number of sulfonamides is 1. The molecule has 1 rings (SSSR count). The van der Waals surface area contributed by atoms with E-state index >= 15 is 0 Å². The minimum atomic E-state index is -3.56. The van der Waals surface area contributed by atoms with Crippen LogP contribution in [0.15, 0.2) is 21.6 Å². The van der Waals surface area contributed by atoms with Gasteiger partial charge in [-0.15, -0.1) is 0 Å². The molecule has 1 aromatic rings. The molecule has 2 N–H and O–H groups in total. The maximum Gasteiger partial charge on any atom is 0.274 e. The first-order chi connectivity index (χ1) is 8.86. The summed E-state index contributed by atoms with van der Waals surface area (Å²) in [6, 6.07) is 3.06. The van der Waals surface area contributed by atoms with Gasteiger partial charge in [0.1, 0.15) is 5.76 Å². The highest BCUT2D eigenvalue weighted by atomic mass is 32.2. The van der Waals surface area contributed by atoms with Gasteiger partial charge in [-0.1, -0.05) is 20.8 Å². The van der Waals surface area contributed by atoms with Gasteiger partial charge in [0, 0.05) is 6.04 Å². The molecule has 19 heavy (non-hydrogen) atoms. The van der Waals surface area contributed by atoms with Gasteiger partial charge in [-0.3, -0.25) is 0 Å². The summed E-state index contributed by atoms with van der Waals surface area (Å²) in [4.78, 5) is 0. The third-order valence-corrected chi connectivity index (χ3v) is 4.40. The average molecular weight is 288 g/mol. The van der Waals surface area contributed by atoms with E-state index in [0.717, 1.165) is 13.0 Å². The van der Waals surface area contributed by atoms with Crippen LogP contribution in [0.3, 0.4) is 0 Å². The quantitative estimate of drug-likeness (QED) is 0.719. The molecule has 0 spiro atoms. The van der Waals surface area contributed by atoms with Gasteiger partial charge in [-0.05, 0) is 37.9 Å². The van der Waals surface area contributed by atoms with Crippen LogP contribution >= 0.6 is 0 Å². The van der Waals surface area contributed by atoms with Crippen molar-refractivity contribution in [3.63, 3.8) is 0 Å². The molecule has 0 aliphatic heterocycles. The van der Waals surface area contributed by atoms with E-state index in [9.17, 15) is 8.42 Å². The molecule has 6 heteroatoms. The first kappa shape index (κ1) is 16.2. The molecule has 0 amide bonds. The molecular formula is C13H24N2O3S. The van der Waals surface area contributed by atoms with Gasteiger partial charge in [0.25, 0.3) is 10.0 Å². The summed E-state index contributed by atoms with van der Waals surface area (Å²) in [5, 5.41) is 3.15. The second-order valence-electron chi connectivity index (χ2n) is 5.05. The smallest absolute Gasteiger partial charge is 0.274 e. The molecule has 0 saturated heterocycles. The topological polar surface area (TPSA) is 71.3 Å². The molecule has 1 heterocycles. The Labute approximate surface area is 115 Å². The molecule has 0 aromatic carbocycles. The number of nitrogens with one attached hydrogen (secondary N) is 2. The van der Waals surface area contributed by atoms with Gasteiger partial charge >= 0.3 is 0 Å². The largest absolute Gasteiger partial charge is 0.447 e. The summed E-state index contributed by atoms with van der Waals surface area (Å²) in [6.07, 6.45) is 1.03. The summed E-state index contributed by atoms with van der Waals surface area (Å²) < 4.78 is 32.1. The number of hydrogen-bond donors (Lipinski definition) is 2. The Kier molecular flexibility index (Phi) is 6.03. The SMILES string of the molecule is CCCNCc1ccc(S(=O)(=O)NC(C)C(C)C)o1. The summed E-state index contributed by atoms with van der Waals surface area (Å²) in [5.41, 5.74) is 0. The lowest BCUT2D eigenvalue weighted by atomic mass is 10.1. The molecule has 110 valence electrons. The van der Waals surface area contributed by atoms with Crippen LogP contribution in [-0.4, -0.2) is 21.0 Å². The first-order valence-corrected chi connectivity index (χ1v) is 8.17. The fourth-order valence-electron chi connectivity index (χ4n) is 1.42. The van der Waals surface area contributed by atoms with Gasteiger partial charge in [-0.2, -0.15) is 0 Å². The first-order valence-electron chi connectivity index (χ1n) is 6.68. The van der Waals surface area contributed by atoms with E-state index < -0.39 is 10.0 Å². The molecule has 0 radical (unpaired) electrons. The highest BCUT2D eigenvalue weighted by Gasteiger charge is 2.22. The lowest BCUT2D eigenvalue weighted by molar-refractivity contribution is 0.393. The van der Waals surface area contributed by atoms with Crippen molar-refractivity contribution in [2.75, 3.05) is 6.54 Å². The molecule has 5 nitrogen and oxygen atoms in total. The normalized spacial score (nSPS) is 13.9. The molecule has 1 atom stereocenters.